The monoisotopic (exact) mass is 298 g/mol. The van der Waals surface area contributed by atoms with Crippen LogP contribution in [0.15, 0.2) is 47.5 Å². The lowest BCUT2D eigenvalue weighted by Crippen LogP contribution is -2.30. The van der Waals surface area contributed by atoms with Crippen molar-refractivity contribution in [3.63, 3.8) is 0 Å². The van der Waals surface area contributed by atoms with Gasteiger partial charge in [-0.25, -0.2) is 8.42 Å². The van der Waals surface area contributed by atoms with Crippen LogP contribution < -0.4 is 4.31 Å². The SMILES string of the molecule is CCN(c1ccccc1)S(=O)(=O)c1c[nH]c(CCl)c1. The molecule has 19 heavy (non-hydrogen) atoms. The molecule has 0 atom stereocenters. The highest BCUT2D eigenvalue weighted by Gasteiger charge is 2.24. The maximum Gasteiger partial charge on any atom is 0.265 e. The molecule has 0 amide bonds. The summed E-state index contributed by atoms with van der Waals surface area (Å²) in [5, 5.41) is 0. The van der Waals surface area contributed by atoms with Crippen LogP contribution in [0.1, 0.15) is 12.6 Å². The molecule has 0 aliphatic rings. The fourth-order valence-electron chi connectivity index (χ4n) is 1.86. The summed E-state index contributed by atoms with van der Waals surface area (Å²) in [5.74, 6) is 0.257. The fourth-order valence-corrected chi connectivity index (χ4v) is 3.50. The number of H-pyrrole nitrogens is 1. The zero-order valence-electron chi connectivity index (χ0n) is 10.5. The van der Waals surface area contributed by atoms with E-state index >= 15 is 0 Å². The van der Waals surface area contributed by atoms with Gasteiger partial charge in [0.05, 0.1) is 11.6 Å². The number of halogens is 1. The summed E-state index contributed by atoms with van der Waals surface area (Å²) in [4.78, 5) is 3.08. The second-order valence-electron chi connectivity index (χ2n) is 4.00. The highest BCUT2D eigenvalue weighted by atomic mass is 35.5. The molecule has 0 bridgehead atoms. The van der Waals surface area contributed by atoms with Gasteiger partial charge < -0.3 is 4.98 Å². The summed E-state index contributed by atoms with van der Waals surface area (Å²) < 4.78 is 26.5. The molecule has 1 aromatic heterocycles. The number of benzene rings is 1. The number of nitrogens with zero attached hydrogens (tertiary/aromatic N) is 1. The highest BCUT2D eigenvalue weighted by molar-refractivity contribution is 7.92. The Morgan fingerprint density at radius 3 is 2.47 bits per heavy atom. The zero-order chi connectivity index (χ0) is 13.9. The molecule has 0 radical (unpaired) electrons. The van der Waals surface area contributed by atoms with E-state index in [0.29, 0.717) is 17.9 Å². The van der Waals surface area contributed by atoms with Gasteiger partial charge >= 0.3 is 0 Å². The average Bonchev–Trinajstić information content (AvgIpc) is 2.90. The van der Waals surface area contributed by atoms with Crippen molar-refractivity contribution in [2.24, 2.45) is 0 Å². The second kappa shape index (κ2) is 5.67. The number of hydrogen-bond donors (Lipinski definition) is 1. The molecule has 0 saturated carbocycles. The average molecular weight is 299 g/mol. The molecular formula is C13H15ClN2O2S. The van der Waals surface area contributed by atoms with Crippen molar-refractivity contribution in [3.8, 4) is 0 Å². The summed E-state index contributed by atoms with van der Waals surface area (Å²) in [5.41, 5.74) is 1.34. The third-order valence-corrected chi connectivity index (χ3v) is 4.95. The number of aromatic amines is 1. The topological polar surface area (TPSA) is 53.2 Å². The first-order valence-corrected chi connectivity index (χ1v) is 7.88. The van der Waals surface area contributed by atoms with Crippen LogP contribution in [-0.2, 0) is 15.9 Å². The number of hydrogen-bond acceptors (Lipinski definition) is 2. The number of nitrogens with one attached hydrogen (secondary N) is 1. The highest BCUT2D eigenvalue weighted by Crippen LogP contribution is 2.23. The molecule has 2 aromatic rings. The molecule has 1 aromatic carbocycles. The van der Waals surface area contributed by atoms with Gasteiger partial charge in [-0.2, -0.15) is 0 Å². The molecule has 0 fully saturated rings. The molecule has 1 heterocycles. The molecule has 102 valence electrons. The van der Waals surface area contributed by atoms with Crippen molar-refractivity contribution in [1.82, 2.24) is 4.98 Å². The molecule has 0 spiro atoms. The van der Waals surface area contributed by atoms with Crippen molar-refractivity contribution >= 4 is 27.3 Å². The van der Waals surface area contributed by atoms with Crippen molar-refractivity contribution < 1.29 is 8.42 Å². The predicted molar refractivity (Wildman–Crippen MR) is 77.0 cm³/mol. The quantitative estimate of drug-likeness (QED) is 0.863. The smallest absolute Gasteiger partial charge is 0.265 e. The Morgan fingerprint density at radius 1 is 1.26 bits per heavy atom. The summed E-state index contributed by atoms with van der Waals surface area (Å²) >= 11 is 5.68. The lowest BCUT2D eigenvalue weighted by atomic mass is 10.3. The first-order chi connectivity index (χ1) is 9.09. The standard InChI is InChI=1S/C13H15ClN2O2S/c1-2-16(12-6-4-3-5-7-12)19(17,18)13-8-11(9-14)15-10-13/h3-8,10,15H,2,9H2,1H3. The molecule has 0 unspecified atom stereocenters. The van der Waals surface area contributed by atoms with Crippen LogP contribution in [0.5, 0.6) is 0 Å². The van der Waals surface area contributed by atoms with E-state index in [2.05, 4.69) is 4.98 Å². The zero-order valence-corrected chi connectivity index (χ0v) is 12.1. The van der Waals surface area contributed by atoms with Gasteiger partial charge in [-0.1, -0.05) is 18.2 Å². The Balaban J connectivity index is 2.42. The summed E-state index contributed by atoms with van der Waals surface area (Å²) in [6, 6.07) is 10.6. The van der Waals surface area contributed by atoms with Gasteiger partial charge in [0.2, 0.25) is 0 Å². The van der Waals surface area contributed by atoms with Crippen molar-refractivity contribution in [1.29, 1.82) is 0 Å². The minimum absolute atomic E-state index is 0.230. The first-order valence-electron chi connectivity index (χ1n) is 5.90. The van der Waals surface area contributed by atoms with Crippen LogP contribution in [0, 0.1) is 0 Å². The van der Waals surface area contributed by atoms with Gasteiger partial charge in [0.15, 0.2) is 0 Å². The van der Waals surface area contributed by atoms with Crippen molar-refractivity contribution in [2.75, 3.05) is 10.8 Å². The summed E-state index contributed by atoms with van der Waals surface area (Å²) in [6.45, 7) is 2.17. The summed E-state index contributed by atoms with van der Waals surface area (Å²) in [7, 11) is -3.55. The van der Waals surface area contributed by atoms with Crippen LogP contribution in [0.25, 0.3) is 0 Å². The Bertz CT molecular complexity index is 638. The predicted octanol–water partition coefficient (Wildman–Crippen LogP) is 2.97. The van der Waals surface area contributed by atoms with Gasteiger partial charge in [-0.15, -0.1) is 11.6 Å². The van der Waals surface area contributed by atoms with E-state index in [-0.39, 0.29) is 10.8 Å². The number of para-hydroxylation sites is 1. The van der Waals surface area contributed by atoms with E-state index in [1.165, 1.54) is 10.5 Å². The van der Waals surface area contributed by atoms with Crippen LogP contribution in [0.2, 0.25) is 0 Å². The van der Waals surface area contributed by atoms with Gasteiger partial charge in [-0.05, 0) is 25.1 Å². The number of aromatic nitrogens is 1. The van der Waals surface area contributed by atoms with Crippen LogP contribution in [0.3, 0.4) is 0 Å². The minimum atomic E-state index is -3.55. The van der Waals surface area contributed by atoms with Gasteiger partial charge in [0, 0.05) is 18.4 Å². The number of rotatable bonds is 5. The van der Waals surface area contributed by atoms with E-state index < -0.39 is 10.0 Å². The molecule has 0 aliphatic heterocycles. The lowest BCUT2D eigenvalue weighted by Gasteiger charge is -2.22. The Labute approximate surface area is 118 Å². The van der Waals surface area contributed by atoms with Crippen LogP contribution in [-0.4, -0.2) is 19.9 Å². The minimum Gasteiger partial charge on any atom is -0.363 e. The second-order valence-corrected chi connectivity index (χ2v) is 6.13. The van der Waals surface area contributed by atoms with E-state index in [4.69, 9.17) is 11.6 Å². The Morgan fingerprint density at radius 2 is 1.95 bits per heavy atom. The number of anilines is 1. The van der Waals surface area contributed by atoms with E-state index in [1.54, 1.807) is 25.1 Å². The van der Waals surface area contributed by atoms with Crippen molar-refractivity contribution in [2.45, 2.75) is 17.7 Å². The molecule has 0 aliphatic carbocycles. The maximum atomic E-state index is 12.6. The van der Waals surface area contributed by atoms with Crippen molar-refractivity contribution in [3.05, 3.63) is 48.3 Å². The molecule has 6 heteroatoms. The van der Waals surface area contributed by atoms with E-state index in [0.717, 1.165) is 0 Å². The largest absolute Gasteiger partial charge is 0.363 e. The van der Waals surface area contributed by atoms with E-state index in [9.17, 15) is 8.42 Å². The molecule has 1 N–H and O–H groups in total. The third kappa shape index (κ3) is 2.77. The van der Waals surface area contributed by atoms with Gasteiger partial charge in [-0.3, -0.25) is 4.31 Å². The third-order valence-electron chi connectivity index (χ3n) is 2.78. The van der Waals surface area contributed by atoms with E-state index in [1.807, 2.05) is 18.2 Å². The first kappa shape index (κ1) is 14.0. The maximum absolute atomic E-state index is 12.6. The Kier molecular flexibility index (Phi) is 4.17. The molecule has 0 saturated heterocycles. The van der Waals surface area contributed by atoms with Crippen LogP contribution in [0.4, 0.5) is 5.69 Å². The number of sulfonamides is 1. The molecule has 4 nitrogen and oxygen atoms in total. The van der Waals surface area contributed by atoms with Crippen LogP contribution >= 0.6 is 11.6 Å². The van der Waals surface area contributed by atoms with Gasteiger partial charge in [0.1, 0.15) is 4.90 Å². The number of alkyl halides is 1. The lowest BCUT2D eigenvalue weighted by molar-refractivity contribution is 0.592. The fraction of sp³-hybridized carbons (Fsp3) is 0.231. The molecular weight excluding hydrogens is 284 g/mol. The molecule has 2 rings (SSSR count). The Hall–Kier alpha value is -1.46. The summed E-state index contributed by atoms with van der Waals surface area (Å²) in [6.07, 6.45) is 1.47. The normalized spacial score (nSPS) is 11.5. The van der Waals surface area contributed by atoms with Gasteiger partial charge in [0.25, 0.3) is 10.0 Å².